The molecule has 4 aromatic heterocycles. The first kappa shape index (κ1) is 32.0. The molecule has 2 aliphatic heterocycles. The molecule has 44 heavy (non-hydrogen) atoms. The molecular formula is C26H35Br2N13O3. The van der Waals surface area contributed by atoms with Gasteiger partial charge in [0.15, 0.2) is 11.6 Å². The van der Waals surface area contributed by atoms with E-state index in [1.54, 1.807) is 55.5 Å². The molecule has 18 heteroatoms. The van der Waals surface area contributed by atoms with E-state index < -0.39 is 0 Å². The number of ether oxygens (including phenoxy) is 1. The van der Waals surface area contributed by atoms with Crippen LogP contribution in [0.15, 0.2) is 45.9 Å². The minimum Gasteiger partial charge on any atom is -0.383 e. The lowest BCUT2D eigenvalue weighted by molar-refractivity contribution is -0.361. The van der Waals surface area contributed by atoms with Gasteiger partial charge >= 0.3 is 0 Å². The van der Waals surface area contributed by atoms with Crippen molar-refractivity contribution in [1.82, 2.24) is 44.7 Å². The van der Waals surface area contributed by atoms with E-state index in [1.165, 1.54) is 5.23 Å². The normalized spacial score (nSPS) is 18.2. The number of nitrogens with zero attached hydrogens (tertiary/aromatic N) is 11. The summed E-state index contributed by atoms with van der Waals surface area (Å²) in [7, 11) is 4.89. The van der Waals surface area contributed by atoms with Crippen LogP contribution in [-0.4, -0.2) is 104 Å². The fourth-order valence-corrected chi connectivity index (χ4v) is 6.05. The van der Waals surface area contributed by atoms with Crippen molar-refractivity contribution in [2.24, 2.45) is 0 Å². The van der Waals surface area contributed by atoms with Crippen LogP contribution < -0.4 is 21.3 Å². The van der Waals surface area contributed by atoms with Crippen molar-refractivity contribution >= 4 is 55.1 Å². The Labute approximate surface area is 271 Å². The number of aromatic nitrogens is 8. The molecule has 2 fully saturated rings. The third kappa shape index (κ3) is 6.94. The minimum absolute atomic E-state index is 0.112. The summed E-state index contributed by atoms with van der Waals surface area (Å²) < 4.78 is 9.89. The van der Waals surface area contributed by atoms with Crippen LogP contribution in [0.1, 0.15) is 19.3 Å². The summed E-state index contributed by atoms with van der Waals surface area (Å²) in [6.45, 7) is 3.12. The van der Waals surface area contributed by atoms with Gasteiger partial charge in [0.05, 0.1) is 32.9 Å². The third-order valence-electron chi connectivity index (χ3n) is 7.24. The fraction of sp³-hybridized carbons (Fsp3) is 0.462. The molecule has 6 heterocycles. The highest BCUT2D eigenvalue weighted by Crippen LogP contribution is 2.34. The number of anilines is 4. The van der Waals surface area contributed by atoms with Crippen molar-refractivity contribution in [3.05, 3.63) is 45.9 Å². The average Bonchev–Trinajstić information content (AvgIpc) is 3.85. The molecule has 6 rings (SSSR count). The molecule has 0 spiro atoms. The predicted octanol–water partition coefficient (Wildman–Crippen LogP) is 2.63. The SMILES string of the molecule is COC[C@H]1CCCN1c1nc(-n2cccn2)nc(N)c1Br.CON(OC)[C@H]1CCN(c2nc(-n3cccn3)nc(N)c2Br)C1. The number of nitrogen functional groups attached to an aromatic ring is 2. The molecule has 236 valence electrons. The number of hydroxylamine groups is 2. The zero-order valence-electron chi connectivity index (χ0n) is 24.6. The molecule has 2 saturated heterocycles. The van der Waals surface area contributed by atoms with Crippen LogP contribution in [-0.2, 0) is 14.4 Å². The van der Waals surface area contributed by atoms with Crippen LogP contribution in [0, 0.1) is 0 Å². The summed E-state index contributed by atoms with van der Waals surface area (Å²) in [4.78, 5) is 32.5. The van der Waals surface area contributed by atoms with Crippen molar-refractivity contribution in [1.29, 1.82) is 0 Å². The molecule has 2 aliphatic rings. The van der Waals surface area contributed by atoms with Gasteiger partial charge in [-0.2, -0.15) is 30.1 Å². The van der Waals surface area contributed by atoms with Gasteiger partial charge in [-0.05, 0) is 63.3 Å². The van der Waals surface area contributed by atoms with Gasteiger partial charge in [-0.1, -0.05) is 5.23 Å². The molecule has 0 unspecified atom stereocenters. The van der Waals surface area contributed by atoms with Crippen molar-refractivity contribution in [2.45, 2.75) is 31.3 Å². The first-order valence-corrected chi connectivity index (χ1v) is 15.5. The molecular weight excluding hydrogens is 702 g/mol. The van der Waals surface area contributed by atoms with Crippen molar-refractivity contribution < 1.29 is 14.4 Å². The smallest absolute Gasteiger partial charge is 0.254 e. The van der Waals surface area contributed by atoms with Crippen LogP contribution in [0.3, 0.4) is 0 Å². The molecule has 0 aliphatic carbocycles. The zero-order valence-corrected chi connectivity index (χ0v) is 27.8. The van der Waals surface area contributed by atoms with E-state index in [-0.39, 0.29) is 6.04 Å². The van der Waals surface area contributed by atoms with E-state index >= 15 is 0 Å². The second-order valence-corrected chi connectivity index (χ2v) is 11.6. The summed E-state index contributed by atoms with van der Waals surface area (Å²) in [5.74, 6) is 3.22. The maximum Gasteiger partial charge on any atom is 0.254 e. The Morgan fingerprint density at radius 1 is 0.841 bits per heavy atom. The summed E-state index contributed by atoms with van der Waals surface area (Å²) >= 11 is 6.99. The average molecular weight is 737 g/mol. The van der Waals surface area contributed by atoms with Crippen LogP contribution in [0.4, 0.5) is 23.3 Å². The number of nitrogens with two attached hydrogens (primary N) is 2. The molecule has 0 amide bonds. The summed E-state index contributed by atoms with van der Waals surface area (Å²) in [6, 6.07) is 4.06. The monoisotopic (exact) mass is 735 g/mol. The van der Waals surface area contributed by atoms with Gasteiger partial charge in [0.25, 0.3) is 11.9 Å². The van der Waals surface area contributed by atoms with Gasteiger partial charge in [0.1, 0.15) is 20.6 Å². The van der Waals surface area contributed by atoms with E-state index in [1.807, 2.05) is 12.1 Å². The first-order chi connectivity index (χ1) is 21.3. The Kier molecular flexibility index (Phi) is 10.6. The topological polar surface area (TPSA) is 177 Å². The van der Waals surface area contributed by atoms with E-state index in [2.05, 4.69) is 71.8 Å². The number of hydrogen-bond donors (Lipinski definition) is 2. The number of rotatable bonds is 9. The molecule has 4 N–H and O–H groups in total. The standard InChI is InChI=1S/C13H18BrN7O2.C13H17BrN6O/c1-22-21(23-2)9-4-7-19(8-9)12-10(14)11(15)17-13(18-12)20-6-3-5-16-20;1-21-8-9-4-2-6-19(9)12-10(14)11(15)17-13(18-12)20-7-3-5-16-20/h3,5-6,9H,4,7-8H2,1-2H3,(H2,15,17,18);3,5,7,9H,2,4,6,8H2,1H3,(H2,15,17,18)/t2*9-/m01/s1. The quantitative estimate of drug-likeness (QED) is 0.240. The van der Waals surface area contributed by atoms with Gasteiger partial charge in [0.2, 0.25) is 0 Å². The highest BCUT2D eigenvalue weighted by atomic mass is 79.9. The van der Waals surface area contributed by atoms with Crippen molar-refractivity contribution in [3.63, 3.8) is 0 Å². The lowest BCUT2D eigenvalue weighted by Crippen LogP contribution is -2.36. The summed E-state index contributed by atoms with van der Waals surface area (Å²) in [6.07, 6.45) is 10.0. The van der Waals surface area contributed by atoms with E-state index in [0.29, 0.717) is 47.2 Å². The molecule has 0 bridgehead atoms. The Morgan fingerprint density at radius 3 is 1.98 bits per heavy atom. The Hall–Kier alpha value is -3.42. The predicted molar refractivity (Wildman–Crippen MR) is 171 cm³/mol. The second kappa shape index (κ2) is 14.6. The minimum atomic E-state index is 0.112. The maximum atomic E-state index is 6.02. The summed E-state index contributed by atoms with van der Waals surface area (Å²) in [5, 5.41) is 9.80. The number of hydrogen-bond acceptors (Lipinski definition) is 14. The van der Waals surface area contributed by atoms with E-state index in [0.717, 1.165) is 48.5 Å². The molecule has 0 saturated carbocycles. The molecule has 0 aromatic carbocycles. The second-order valence-electron chi connectivity index (χ2n) is 9.98. The molecule has 4 aromatic rings. The number of halogens is 2. The third-order valence-corrected chi connectivity index (χ3v) is 8.76. The molecule has 16 nitrogen and oxygen atoms in total. The van der Waals surface area contributed by atoms with Crippen molar-refractivity contribution in [2.75, 3.05) is 68.8 Å². The van der Waals surface area contributed by atoms with Crippen LogP contribution >= 0.6 is 31.9 Å². The Bertz CT molecular complexity index is 1510. The number of methoxy groups -OCH3 is 1. The zero-order chi connectivity index (χ0) is 31.2. The van der Waals surface area contributed by atoms with Crippen molar-refractivity contribution in [3.8, 4) is 11.9 Å². The molecule has 0 radical (unpaired) electrons. The van der Waals surface area contributed by atoms with Crippen LogP contribution in [0.2, 0.25) is 0 Å². The largest absolute Gasteiger partial charge is 0.383 e. The Balaban J connectivity index is 0.000000175. The lowest BCUT2D eigenvalue weighted by atomic mass is 10.2. The van der Waals surface area contributed by atoms with E-state index in [4.69, 9.17) is 25.9 Å². The molecule has 2 atom stereocenters. The van der Waals surface area contributed by atoms with Gasteiger partial charge in [-0.3, -0.25) is 9.68 Å². The maximum absolute atomic E-state index is 6.02. The highest BCUT2D eigenvalue weighted by Gasteiger charge is 2.32. The van der Waals surface area contributed by atoms with E-state index in [9.17, 15) is 0 Å². The van der Waals surface area contributed by atoms with Crippen LogP contribution in [0.5, 0.6) is 0 Å². The Morgan fingerprint density at radius 2 is 1.43 bits per heavy atom. The summed E-state index contributed by atoms with van der Waals surface area (Å²) in [5.41, 5.74) is 12.0. The fourth-order valence-electron chi connectivity index (χ4n) is 5.22. The van der Waals surface area contributed by atoms with Gasteiger partial charge in [0, 0.05) is 51.5 Å². The van der Waals surface area contributed by atoms with Crippen LogP contribution in [0.25, 0.3) is 11.9 Å². The first-order valence-electron chi connectivity index (χ1n) is 13.9. The lowest BCUT2D eigenvalue weighted by Gasteiger charge is -2.26. The highest BCUT2D eigenvalue weighted by molar-refractivity contribution is 9.11. The van der Waals surface area contributed by atoms with Gasteiger partial charge in [-0.15, -0.1) is 0 Å². The van der Waals surface area contributed by atoms with Gasteiger partial charge < -0.3 is 26.0 Å². The van der Waals surface area contributed by atoms with Gasteiger partial charge in [-0.25, -0.2) is 9.36 Å².